The molecule has 0 N–H and O–H groups in total. The normalized spacial score (nSPS) is 21.7. The first kappa shape index (κ1) is 7.03. The topological polar surface area (TPSA) is 18.5 Å². The van der Waals surface area contributed by atoms with Gasteiger partial charge in [0.25, 0.3) is 0 Å². The largest absolute Gasteiger partial charge is 0.350 e. The van der Waals surface area contributed by atoms with Crippen LogP contribution in [0.1, 0.15) is 13.3 Å². The van der Waals surface area contributed by atoms with E-state index in [1.807, 2.05) is 0 Å². The van der Waals surface area contributed by atoms with Crippen molar-refractivity contribution in [2.24, 2.45) is 5.92 Å². The molecule has 53 valence electrons. The second kappa shape index (κ2) is 3.18. The maximum atomic E-state index is 5.20. The fourth-order valence-corrected chi connectivity index (χ4v) is 0.872. The van der Waals surface area contributed by atoms with Crippen LogP contribution < -0.4 is 0 Å². The van der Waals surface area contributed by atoms with Crippen molar-refractivity contribution in [3.63, 3.8) is 0 Å². The summed E-state index contributed by atoms with van der Waals surface area (Å²) in [4.78, 5) is 0. The van der Waals surface area contributed by atoms with Crippen molar-refractivity contribution in [2.75, 3.05) is 13.2 Å². The van der Waals surface area contributed by atoms with Gasteiger partial charge in [0.15, 0.2) is 6.29 Å². The fraction of sp³-hybridized carbons (Fsp3) is 0.857. The monoisotopic (exact) mass is 129 g/mol. The van der Waals surface area contributed by atoms with Gasteiger partial charge in [-0.05, 0) is 5.92 Å². The highest BCUT2D eigenvalue weighted by atomic mass is 16.7. The number of rotatable bonds is 2. The molecule has 2 nitrogen and oxygen atoms in total. The first-order valence-corrected chi connectivity index (χ1v) is 3.35. The molecule has 0 spiro atoms. The average Bonchev–Trinajstić information content (AvgIpc) is 2.15. The molecule has 0 aromatic heterocycles. The number of ether oxygens (including phenoxy) is 2. The molecule has 0 bridgehead atoms. The van der Waals surface area contributed by atoms with Crippen molar-refractivity contribution in [3.05, 3.63) is 6.92 Å². The van der Waals surface area contributed by atoms with Gasteiger partial charge >= 0.3 is 0 Å². The van der Waals surface area contributed by atoms with Crippen LogP contribution in [0.5, 0.6) is 0 Å². The van der Waals surface area contributed by atoms with Gasteiger partial charge in [0.2, 0.25) is 0 Å². The molecule has 0 aromatic carbocycles. The summed E-state index contributed by atoms with van der Waals surface area (Å²) >= 11 is 0. The van der Waals surface area contributed by atoms with Gasteiger partial charge in [-0.3, -0.25) is 0 Å². The summed E-state index contributed by atoms with van der Waals surface area (Å²) < 4.78 is 10.4. The molecular formula is C7H13O2. The lowest BCUT2D eigenvalue weighted by atomic mass is 10.1. The molecule has 1 aliphatic rings. The van der Waals surface area contributed by atoms with E-state index in [0.29, 0.717) is 5.92 Å². The maximum absolute atomic E-state index is 5.20. The van der Waals surface area contributed by atoms with Crippen LogP contribution in [0.25, 0.3) is 0 Å². The minimum Gasteiger partial charge on any atom is -0.350 e. The van der Waals surface area contributed by atoms with E-state index in [4.69, 9.17) is 9.47 Å². The van der Waals surface area contributed by atoms with Gasteiger partial charge in [-0.1, -0.05) is 13.8 Å². The predicted octanol–water partition coefficient (Wildman–Crippen LogP) is 1.22. The minimum absolute atomic E-state index is 0.0255. The van der Waals surface area contributed by atoms with Crippen LogP contribution in [-0.4, -0.2) is 19.5 Å². The lowest BCUT2D eigenvalue weighted by molar-refractivity contribution is -0.0524. The lowest BCUT2D eigenvalue weighted by Crippen LogP contribution is -2.10. The Morgan fingerprint density at radius 3 is 2.56 bits per heavy atom. The molecular weight excluding hydrogens is 116 g/mol. The summed E-state index contributed by atoms with van der Waals surface area (Å²) in [7, 11) is 0. The number of hydrogen-bond acceptors (Lipinski definition) is 2. The summed E-state index contributed by atoms with van der Waals surface area (Å²) in [6.07, 6.45) is 0.942. The number of hydrogen-bond donors (Lipinski definition) is 0. The zero-order valence-electron chi connectivity index (χ0n) is 5.80. The molecule has 1 rings (SSSR count). The first-order valence-electron chi connectivity index (χ1n) is 3.35. The van der Waals surface area contributed by atoms with Crippen LogP contribution in [-0.2, 0) is 9.47 Å². The van der Waals surface area contributed by atoms with E-state index in [-0.39, 0.29) is 6.29 Å². The smallest absolute Gasteiger partial charge is 0.158 e. The Morgan fingerprint density at radius 2 is 2.11 bits per heavy atom. The molecule has 1 unspecified atom stereocenters. The first-order chi connectivity index (χ1) is 4.29. The molecule has 1 heterocycles. The van der Waals surface area contributed by atoms with Crippen LogP contribution in [0.15, 0.2) is 0 Å². The van der Waals surface area contributed by atoms with E-state index in [1.54, 1.807) is 0 Å². The van der Waals surface area contributed by atoms with Gasteiger partial charge in [0.05, 0.1) is 13.2 Å². The quantitative estimate of drug-likeness (QED) is 0.558. The van der Waals surface area contributed by atoms with Gasteiger partial charge in [-0.15, -0.1) is 0 Å². The Labute approximate surface area is 56.2 Å². The standard InChI is InChI=1S/C7H13O2/c1-6(2)5-7-8-3-4-9-7/h6-7H,1,3-5H2,2H3. The van der Waals surface area contributed by atoms with Crippen molar-refractivity contribution in [3.8, 4) is 0 Å². The summed E-state index contributed by atoms with van der Waals surface area (Å²) in [6.45, 7) is 7.40. The van der Waals surface area contributed by atoms with Gasteiger partial charge in [0.1, 0.15) is 0 Å². The van der Waals surface area contributed by atoms with Gasteiger partial charge < -0.3 is 9.47 Å². The molecule has 0 aromatic rings. The molecule has 0 aliphatic carbocycles. The van der Waals surface area contributed by atoms with E-state index in [2.05, 4.69) is 13.8 Å². The molecule has 2 heteroatoms. The second-order valence-corrected chi connectivity index (χ2v) is 2.51. The second-order valence-electron chi connectivity index (χ2n) is 2.51. The Bertz CT molecular complexity index is 75.0. The van der Waals surface area contributed by atoms with Gasteiger partial charge in [-0.25, -0.2) is 0 Å². The van der Waals surface area contributed by atoms with E-state index < -0.39 is 0 Å². The maximum Gasteiger partial charge on any atom is 0.158 e. The SMILES string of the molecule is [CH2]C(C)CC1OCCO1. The minimum atomic E-state index is 0.0255. The Morgan fingerprint density at radius 1 is 1.56 bits per heavy atom. The van der Waals surface area contributed by atoms with E-state index in [9.17, 15) is 0 Å². The van der Waals surface area contributed by atoms with Gasteiger partial charge in [-0.2, -0.15) is 0 Å². The van der Waals surface area contributed by atoms with E-state index >= 15 is 0 Å². The Kier molecular flexibility index (Phi) is 2.49. The summed E-state index contributed by atoms with van der Waals surface area (Å²) in [5.41, 5.74) is 0. The molecule has 1 atom stereocenters. The highest BCUT2D eigenvalue weighted by Gasteiger charge is 2.16. The molecule has 1 aliphatic heterocycles. The zero-order chi connectivity index (χ0) is 6.69. The summed E-state index contributed by atoms with van der Waals surface area (Å²) in [6, 6.07) is 0. The predicted molar refractivity (Wildman–Crippen MR) is 34.8 cm³/mol. The third-order valence-corrected chi connectivity index (χ3v) is 1.29. The summed E-state index contributed by atoms with van der Waals surface area (Å²) in [5, 5.41) is 0. The molecule has 1 fully saturated rings. The van der Waals surface area contributed by atoms with E-state index in [1.165, 1.54) is 0 Å². The molecule has 9 heavy (non-hydrogen) atoms. The van der Waals surface area contributed by atoms with Crippen molar-refractivity contribution < 1.29 is 9.47 Å². The van der Waals surface area contributed by atoms with Crippen molar-refractivity contribution in [1.82, 2.24) is 0 Å². The van der Waals surface area contributed by atoms with Crippen LogP contribution in [0.2, 0.25) is 0 Å². The lowest BCUT2D eigenvalue weighted by Gasteiger charge is -2.10. The van der Waals surface area contributed by atoms with Crippen LogP contribution in [0.4, 0.5) is 0 Å². The van der Waals surface area contributed by atoms with Crippen molar-refractivity contribution in [1.29, 1.82) is 0 Å². The third kappa shape index (κ3) is 2.33. The molecule has 1 radical (unpaired) electrons. The fourth-order valence-electron chi connectivity index (χ4n) is 0.872. The van der Waals surface area contributed by atoms with E-state index in [0.717, 1.165) is 19.6 Å². The molecule has 1 saturated heterocycles. The average molecular weight is 129 g/mol. The highest BCUT2D eigenvalue weighted by molar-refractivity contribution is 4.59. The third-order valence-electron chi connectivity index (χ3n) is 1.29. The van der Waals surface area contributed by atoms with Crippen molar-refractivity contribution in [2.45, 2.75) is 19.6 Å². The van der Waals surface area contributed by atoms with Crippen LogP contribution in [0, 0.1) is 12.8 Å². The zero-order valence-corrected chi connectivity index (χ0v) is 5.80. The van der Waals surface area contributed by atoms with Crippen LogP contribution >= 0.6 is 0 Å². The Balaban J connectivity index is 2.11. The van der Waals surface area contributed by atoms with Crippen LogP contribution in [0.3, 0.4) is 0 Å². The summed E-state index contributed by atoms with van der Waals surface area (Å²) in [5.74, 6) is 0.424. The Hall–Kier alpha value is -0.0800. The highest BCUT2D eigenvalue weighted by Crippen LogP contribution is 2.12. The molecule has 0 amide bonds. The molecule has 0 saturated carbocycles. The van der Waals surface area contributed by atoms with Crippen molar-refractivity contribution >= 4 is 0 Å². The van der Waals surface area contributed by atoms with Gasteiger partial charge in [0, 0.05) is 6.42 Å².